The summed E-state index contributed by atoms with van der Waals surface area (Å²) in [6, 6.07) is 8.57. The van der Waals surface area contributed by atoms with Gasteiger partial charge in [0.25, 0.3) is 0 Å². The van der Waals surface area contributed by atoms with Gasteiger partial charge in [-0.3, -0.25) is 0 Å². The summed E-state index contributed by atoms with van der Waals surface area (Å²) in [5.74, 6) is -0.500. The van der Waals surface area contributed by atoms with E-state index in [0.717, 1.165) is 5.56 Å². The monoisotopic (exact) mass is 277 g/mol. The number of hydrogen-bond donors (Lipinski definition) is 1. The Kier molecular flexibility index (Phi) is 6.89. The fraction of sp³-hybridized carbons (Fsp3) is 0.333. The quantitative estimate of drug-likeness (QED) is 0.640. The van der Waals surface area contributed by atoms with Gasteiger partial charge in [0.15, 0.2) is 0 Å². The van der Waals surface area contributed by atoms with E-state index in [2.05, 4.69) is 10.1 Å². The number of nitrogens with one attached hydrogen (secondary N) is 1. The van der Waals surface area contributed by atoms with Crippen LogP contribution >= 0.6 is 0 Å². The van der Waals surface area contributed by atoms with Gasteiger partial charge < -0.3 is 14.8 Å². The molecule has 0 aliphatic carbocycles. The number of carbonyl (C=O) groups is 2. The van der Waals surface area contributed by atoms with Crippen LogP contribution in [0.25, 0.3) is 0 Å². The highest BCUT2D eigenvalue weighted by Gasteiger charge is 2.20. The Bertz CT molecular complexity index is 456. The second-order valence-electron chi connectivity index (χ2n) is 4.09. The largest absolute Gasteiger partial charge is 0.467 e. The van der Waals surface area contributed by atoms with Crippen LogP contribution in [-0.2, 0) is 20.9 Å². The predicted molar refractivity (Wildman–Crippen MR) is 75.0 cm³/mol. The molecule has 0 radical (unpaired) electrons. The number of carbonyl (C=O) groups excluding carboxylic acids is 2. The maximum absolute atomic E-state index is 11.6. The third-order valence-electron chi connectivity index (χ3n) is 2.60. The van der Waals surface area contributed by atoms with Crippen molar-refractivity contribution in [2.75, 3.05) is 7.11 Å². The second-order valence-corrected chi connectivity index (χ2v) is 4.09. The molecule has 1 amide bonds. The predicted octanol–water partition coefficient (Wildman–Crippen LogP) is 2.42. The van der Waals surface area contributed by atoms with Gasteiger partial charge in [0.1, 0.15) is 12.6 Å². The number of hydrogen-bond acceptors (Lipinski definition) is 4. The van der Waals surface area contributed by atoms with E-state index in [-0.39, 0.29) is 6.61 Å². The van der Waals surface area contributed by atoms with Gasteiger partial charge in [-0.25, -0.2) is 9.59 Å². The molecule has 1 aromatic carbocycles. The SMILES string of the molecule is C/C=C\C[C@H](NC(=O)OCc1ccccc1)C(=O)OC. The van der Waals surface area contributed by atoms with Crippen LogP contribution in [-0.4, -0.2) is 25.2 Å². The van der Waals surface area contributed by atoms with Crippen LogP contribution in [0.15, 0.2) is 42.5 Å². The normalized spacial score (nSPS) is 11.9. The van der Waals surface area contributed by atoms with Crippen molar-refractivity contribution in [3.05, 3.63) is 48.0 Å². The molecule has 0 saturated carbocycles. The molecule has 5 heteroatoms. The number of amides is 1. The Morgan fingerprint density at radius 1 is 1.30 bits per heavy atom. The van der Waals surface area contributed by atoms with E-state index in [1.54, 1.807) is 12.2 Å². The number of alkyl carbamates (subject to hydrolysis) is 1. The van der Waals surface area contributed by atoms with Crippen molar-refractivity contribution < 1.29 is 19.1 Å². The topological polar surface area (TPSA) is 64.6 Å². The first kappa shape index (κ1) is 15.8. The molecule has 5 nitrogen and oxygen atoms in total. The van der Waals surface area contributed by atoms with Crippen LogP contribution in [0.4, 0.5) is 4.79 Å². The number of esters is 1. The number of rotatable bonds is 6. The number of allylic oxidation sites excluding steroid dienone is 1. The third-order valence-corrected chi connectivity index (χ3v) is 2.60. The molecule has 0 spiro atoms. The van der Waals surface area contributed by atoms with Crippen LogP contribution in [0.5, 0.6) is 0 Å². The standard InChI is InChI=1S/C15H19NO4/c1-3-4-10-13(14(17)19-2)16-15(18)20-11-12-8-6-5-7-9-12/h3-9,13H,10-11H2,1-2H3,(H,16,18)/b4-3-/t13-/m0/s1. The zero-order chi connectivity index (χ0) is 14.8. The van der Waals surface area contributed by atoms with Gasteiger partial charge >= 0.3 is 12.1 Å². The van der Waals surface area contributed by atoms with E-state index in [1.807, 2.05) is 37.3 Å². The Morgan fingerprint density at radius 3 is 2.60 bits per heavy atom. The van der Waals surface area contributed by atoms with Gasteiger partial charge in [-0.2, -0.15) is 0 Å². The van der Waals surface area contributed by atoms with Crippen molar-refractivity contribution >= 4 is 12.1 Å². The molecule has 1 rings (SSSR count). The first-order chi connectivity index (χ1) is 9.67. The summed E-state index contributed by atoms with van der Waals surface area (Å²) < 4.78 is 9.68. The first-order valence-corrected chi connectivity index (χ1v) is 6.33. The molecule has 0 aromatic heterocycles. The smallest absolute Gasteiger partial charge is 0.408 e. The van der Waals surface area contributed by atoms with E-state index < -0.39 is 18.1 Å². The van der Waals surface area contributed by atoms with Crippen LogP contribution < -0.4 is 5.32 Å². The summed E-state index contributed by atoms with van der Waals surface area (Å²) in [7, 11) is 1.28. The van der Waals surface area contributed by atoms with Crippen molar-refractivity contribution in [1.82, 2.24) is 5.32 Å². The number of ether oxygens (including phenoxy) is 2. The van der Waals surface area contributed by atoms with Crippen molar-refractivity contribution in [2.24, 2.45) is 0 Å². The Labute approximate surface area is 118 Å². The van der Waals surface area contributed by atoms with Crippen LogP contribution in [0.3, 0.4) is 0 Å². The molecule has 0 unspecified atom stereocenters. The average molecular weight is 277 g/mol. The average Bonchev–Trinajstić information content (AvgIpc) is 2.49. The minimum atomic E-state index is -0.737. The number of methoxy groups -OCH3 is 1. The molecule has 0 bridgehead atoms. The van der Waals surface area contributed by atoms with Gasteiger partial charge in [0.05, 0.1) is 7.11 Å². The van der Waals surface area contributed by atoms with E-state index in [4.69, 9.17) is 4.74 Å². The van der Waals surface area contributed by atoms with Gasteiger partial charge in [-0.05, 0) is 18.9 Å². The number of benzene rings is 1. The molecule has 108 valence electrons. The van der Waals surface area contributed by atoms with Gasteiger partial charge in [0.2, 0.25) is 0 Å². The van der Waals surface area contributed by atoms with Gasteiger partial charge in [0, 0.05) is 0 Å². The highest BCUT2D eigenvalue weighted by atomic mass is 16.6. The van der Waals surface area contributed by atoms with E-state index in [0.29, 0.717) is 6.42 Å². The fourth-order valence-electron chi connectivity index (χ4n) is 1.54. The molecule has 0 saturated heterocycles. The zero-order valence-corrected chi connectivity index (χ0v) is 11.7. The summed E-state index contributed by atoms with van der Waals surface area (Å²) in [5.41, 5.74) is 0.880. The molecule has 1 atom stereocenters. The Balaban J connectivity index is 2.47. The summed E-state index contributed by atoms with van der Waals surface area (Å²) >= 11 is 0. The van der Waals surface area contributed by atoms with Crippen LogP contribution in [0.1, 0.15) is 18.9 Å². The third kappa shape index (κ3) is 5.56. The van der Waals surface area contributed by atoms with Crippen molar-refractivity contribution in [3.8, 4) is 0 Å². The van der Waals surface area contributed by atoms with Crippen LogP contribution in [0.2, 0.25) is 0 Å². The second kappa shape index (κ2) is 8.74. The summed E-state index contributed by atoms with van der Waals surface area (Å²) in [6.07, 6.45) is 3.30. The lowest BCUT2D eigenvalue weighted by atomic mass is 10.2. The minimum absolute atomic E-state index is 0.157. The maximum Gasteiger partial charge on any atom is 0.408 e. The zero-order valence-electron chi connectivity index (χ0n) is 11.7. The summed E-state index contributed by atoms with van der Waals surface area (Å²) in [6.45, 7) is 1.99. The highest BCUT2D eigenvalue weighted by Crippen LogP contribution is 2.02. The highest BCUT2D eigenvalue weighted by molar-refractivity contribution is 5.81. The van der Waals surface area contributed by atoms with E-state index >= 15 is 0 Å². The maximum atomic E-state index is 11.6. The first-order valence-electron chi connectivity index (χ1n) is 6.33. The van der Waals surface area contributed by atoms with E-state index in [9.17, 15) is 9.59 Å². The Morgan fingerprint density at radius 2 is 2.00 bits per heavy atom. The van der Waals surface area contributed by atoms with Gasteiger partial charge in [-0.1, -0.05) is 42.5 Å². The summed E-state index contributed by atoms with van der Waals surface area (Å²) in [5, 5.41) is 2.49. The van der Waals surface area contributed by atoms with Crippen LogP contribution in [0, 0.1) is 0 Å². The molecular formula is C15H19NO4. The molecule has 0 heterocycles. The molecule has 1 aromatic rings. The molecule has 20 heavy (non-hydrogen) atoms. The molecule has 1 N–H and O–H groups in total. The van der Waals surface area contributed by atoms with Gasteiger partial charge in [-0.15, -0.1) is 0 Å². The lowest BCUT2D eigenvalue weighted by Gasteiger charge is -2.14. The molecule has 0 aliphatic rings. The molecule has 0 aliphatic heterocycles. The summed E-state index contributed by atoms with van der Waals surface area (Å²) in [4.78, 5) is 23.1. The lowest BCUT2D eigenvalue weighted by Crippen LogP contribution is -2.41. The van der Waals surface area contributed by atoms with Crippen molar-refractivity contribution in [3.63, 3.8) is 0 Å². The van der Waals surface area contributed by atoms with Crippen molar-refractivity contribution in [2.45, 2.75) is 26.0 Å². The molecule has 0 fully saturated rings. The lowest BCUT2D eigenvalue weighted by molar-refractivity contribution is -0.142. The van der Waals surface area contributed by atoms with E-state index in [1.165, 1.54) is 7.11 Å². The fourth-order valence-corrected chi connectivity index (χ4v) is 1.54. The van der Waals surface area contributed by atoms with Crippen molar-refractivity contribution in [1.29, 1.82) is 0 Å². The minimum Gasteiger partial charge on any atom is -0.467 e. The molecular weight excluding hydrogens is 258 g/mol. The Hall–Kier alpha value is -2.30.